The Morgan fingerprint density at radius 3 is 2.71 bits per heavy atom. The van der Waals surface area contributed by atoms with Gasteiger partial charge in [-0.1, -0.05) is 39.2 Å². The largest absolute Gasteiger partial charge is 0.460 e. The molecule has 1 aliphatic heterocycles. The molecule has 0 spiro atoms. The maximum atomic E-state index is 11.2. The summed E-state index contributed by atoms with van der Waals surface area (Å²) in [6, 6.07) is 0. The van der Waals surface area contributed by atoms with Gasteiger partial charge in [0.2, 0.25) is 0 Å². The summed E-state index contributed by atoms with van der Waals surface area (Å²) in [5.41, 5.74) is 0.448. The predicted molar refractivity (Wildman–Crippen MR) is 67.8 cm³/mol. The minimum absolute atomic E-state index is 0.111. The normalized spacial score (nSPS) is 22.9. The molecule has 0 aromatic rings. The molecule has 0 aliphatic carbocycles. The van der Waals surface area contributed by atoms with Gasteiger partial charge in [0.25, 0.3) is 0 Å². The van der Waals surface area contributed by atoms with Crippen LogP contribution in [0.4, 0.5) is 0 Å². The van der Waals surface area contributed by atoms with Gasteiger partial charge in [0.05, 0.1) is 12.7 Å². The van der Waals surface area contributed by atoms with E-state index in [1.807, 2.05) is 0 Å². The SMILES string of the molecule is C=C(C)C(=O)OCC1OCC1CCCCCC. The van der Waals surface area contributed by atoms with E-state index in [1.54, 1.807) is 6.92 Å². The Hall–Kier alpha value is -0.830. The van der Waals surface area contributed by atoms with E-state index >= 15 is 0 Å². The molecule has 3 heteroatoms. The summed E-state index contributed by atoms with van der Waals surface area (Å²) in [7, 11) is 0. The standard InChI is InChI=1S/C14H24O3/c1-4-5-6-7-8-12-9-16-13(12)10-17-14(15)11(2)3/h12-13H,2,4-10H2,1,3H3. The summed E-state index contributed by atoms with van der Waals surface area (Å²) in [6.07, 6.45) is 6.43. The lowest BCUT2D eigenvalue weighted by Crippen LogP contribution is -2.43. The van der Waals surface area contributed by atoms with E-state index in [1.165, 1.54) is 32.1 Å². The number of rotatable bonds is 8. The monoisotopic (exact) mass is 240 g/mol. The first-order valence-electron chi connectivity index (χ1n) is 6.59. The summed E-state index contributed by atoms with van der Waals surface area (Å²) in [6.45, 7) is 8.62. The summed E-state index contributed by atoms with van der Waals surface area (Å²) in [5.74, 6) is 0.259. The molecule has 0 aromatic heterocycles. The van der Waals surface area contributed by atoms with Crippen molar-refractivity contribution in [3.05, 3.63) is 12.2 Å². The highest BCUT2D eigenvalue weighted by atomic mass is 16.6. The summed E-state index contributed by atoms with van der Waals surface area (Å²) in [4.78, 5) is 11.2. The van der Waals surface area contributed by atoms with Crippen LogP contribution in [0.1, 0.15) is 46.0 Å². The average molecular weight is 240 g/mol. The zero-order valence-electron chi connectivity index (χ0n) is 11.0. The molecule has 98 valence electrons. The van der Waals surface area contributed by atoms with Crippen molar-refractivity contribution in [2.45, 2.75) is 52.1 Å². The molecule has 1 saturated heterocycles. The van der Waals surface area contributed by atoms with Crippen molar-refractivity contribution in [1.82, 2.24) is 0 Å². The fourth-order valence-electron chi connectivity index (χ4n) is 1.94. The Balaban J connectivity index is 2.09. The number of hydrogen-bond acceptors (Lipinski definition) is 3. The highest BCUT2D eigenvalue weighted by molar-refractivity contribution is 5.86. The third kappa shape index (κ3) is 4.90. The molecule has 0 amide bonds. The Kier molecular flexibility index (Phi) is 6.27. The highest BCUT2D eigenvalue weighted by Gasteiger charge is 2.32. The summed E-state index contributed by atoms with van der Waals surface area (Å²) in [5, 5.41) is 0. The molecule has 0 aromatic carbocycles. The van der Waals surface area contributed by atoms with E-state index in [-0.39, 0.29) is 12.1 Å². The van der Waals surface area contributed by atoms with Gasteiger partial charge >= 0.3 is 5.97 Å². The third-order valence-corrected chi connectivity index (χ3v) is 3.21. The van der Waals surface area contributed by atoms with Crippen molar-refractivity contribution in [3.63, 3.8) is 0 Å². The van der Waals surface area contributed by atoms with E-state index in [2.05, 4.69) is 13.5 Å². The smallest absolute Gasteiger partial charge is 0.333 e. The molecule has 0 bridgehead atoms. The Morgan fingerprint density at radius 1 is 1.41 bits per heavy atom. The maximum Gasteiger partial charge on any atom is 0.333 e. The third-order valence-electron chi connectivity index (χ3n) is 3.21. The first kappa shape index (κ1) is 14.2. The molecule has 3 nitrogen and oxygen atoms in total. The predicted octanol–water partition coefficient (Wildman–Crippen LogP) is 3.09. The molecule has 2 atom stereocenters. The first-order chi connectivity index (χ1) is 8.15. The van der Waals surface area contributed by atoms with Gasteiger partial charge < -0.3 is 9.47 Å². The minimum Gasteiger partial charge on any atom is -0.460 e. The van der Waals surface area contributed by atoms with Crippen LogP contribution >= 0.6 is 0 Å². The molecule has 2 unspecified atom stereocenters. The topological polar surface area (TPSA) is 35.5 Å². The number of hydrogen-bond donors (Lipinski definition) is 0. The summed E-state index contributed by atoms with van der Waals surface area (Å²) >= 11 is 0. The van der Waals surface area contributed by atoms with Gasteiger partial charge in [0, 0.05) is 11.5 Å². The number of ether oxygens (including phenoxy) is 2. The van der Waals surface area contributed by atoms with Gasteiger partial charge in [-0.2, -0.15) is 0 Å². The van der Waals surface area contributed by atoms with Crippen LogP contribution in [-0.4, -0.2) is 25.3 Å². The average Bonchev–Trinajstić information content (AvgIpc) is 2.27. The van der Waals surface area contributed by atoms with Crippen LogP contribution in [0.15, 0.2) is 12.2 Å². The van der Waals surface area contributed by atoms with Gasteiger partial charge in [0.15, 0.2) is 0 Å². The molecule has 1 aliphatic rings. The molecule has 17 heavy (non-hydrogen) atoms. The Morgan fingerprint density at radius 2 is 2.18 bits per heavy atom. The van der Waals surface area contributed by atoms with Crippen LogP contribution in [0.3, 0.4) is 0 Å². The van der Waals surface area contributed by atoms with Gasteiger partial charge in [-0.25, -0.2) is 4.79 Å². The second-order valence-electron chi connectivity index (χ2n) is 4.86. The van der Waals surface area contributed by atoms with E-state index in [0.717, 1.165) is 6.61 Å². The molecule has 0 N–H and O–H groups in total. The van der Waals surface area contributed by atoms with Crippen molar-refractivity contribution >= 4 is 5.97 Å². The van der Waals surface area contributed by atoms with E-state index < -0.39 is 0 Å². The van der Waals surface area contributed by atoms with Crippen LogP contribution < -0.4 is 0 Å². The quantitative estimate of drug-likeness (QED) is 0.371. The maximum absolute atomic E-state index is 11.2. The van der Waals surface area contributed by atoms with Gasteiger partial charge in [-0.15, -0.1) is 0 Å². The Labute approximate surface area is 104 Å². The first-order valence-corrected chi connectivity index (χ1v) is 6.59. The van der Waals surface area contributed by atoms with Crippen LogP contribution in [0, 0.1) is 5.92 Å². The molecular formula is C14H24O3. The molecular weight excluding hydrogens is 216 g/mol. The lowest BCUT2D eigenvalue weighted by atomic mass is 9.92. The van der Waals surface area contributed by atoms with Crippen molar-refractivity contribution in [2.24, 2.45) is 5.92 Å². The van der Waals surface area contributed by atoms with Gasteiger partial charge in [-0.05, 0) is 13.3 Å². The van der Waals surface area contributed by atoms with Crippen molar-refractivity contribution < 1.29 is 14.3 Å². The van der Waals surface area contributed by atoms with Crippen molar-refractivity contribution in [1.29, 1.82) is 0 Å². The summed E-state index contributed by atoms with van der Waals surface area (Å²) < 4.78 is 10.5. The molecule has 1 heterocycles. The van der Waals surface area contributed by atoms with Crippen LogP contribution in [0.5, 0.6) is 0 Å². The number of unbranched alkanes of at least 4 members (excludes halogenated alkanes) is 3. The molecule has 1 fully saturated rings. The lowest BCUT2D eigenvalue weighted by molar-refractivity contribution is -0.165. The van der Waals surface area contributed by atoms with Crippen molar-refractivity contribution in [2.75, 3.05) is 13.2 Å². The Bertz CT molecular complexity index is 260. The lowest BCUT2D eigenvalue weighted by Gasteiger charge is -2.36. The van der Waals surface area contributed by atoms with Crippen LogP contribution in [0.2, 0.25) is 0 Å². The fourth-order valence-corrected chi connectivity index (χ4v) is 1.94. The minimum atomic E-state index is -0.315. The fraction of sp³-hybridized carbons (Fsp3) is 0.786. The van der Waals surface area contributed by atoms with Gasteiger partial charge in [-0.3, -0.25) is 0 Å². The van der Waals surface area contributed by atoms with E-state index in [4.69, 9.17) is 9.47 Å². The number of carbonyl (C=O) groups is 1. The zero-order valence-corrected chi connectivity index (χ0v) is 11.0. The second-order valence-corrected chi connectivity index (χ2v) is 4.86. The van der Waals surface area contributed by atoms with E-state index in [0.29, 0.717) is 18.1 Å². The van der Waals surface area contributed by atoms with E-state index in [9.17, 15) is 4.79 Å². The molecule has 0 saturated carbocycles. The highest BCUT2D eigenvalue weighted by Crippen LogP contribution is 2.26. The molecule has 1 rings (SSSR count). The number of carbonyl (C=O) groups excluding carboxylic acids is 1. The van der Waals surface area contributed by atoms with Crippen LogP contribution in [0.25, 0.3) is 0 Å². The van der Waals surface area contributed by atoms with Gasteiger partial charge in [0.1, 0.15) is 6.61 Å². The zero-order chi connectivity index (χ0) is 12.7. The second kappa shape index (κ2) is 7.49. The molecule has 0 radical (unpaired) electrons. The van der Waals surface area contributed by atoms with Crippen molar-refractivity contribution in [3.8, 4) is 0 Å². The van der Waals surface area contributed by atoms with Crippen LogP contribution in [-0.2, 0) is 14.3 Å². The number of esters is 1.